The number of hydrogen-bond donors (Lipinski definition) is 1. The fraction of sp³-hybridized carbons (Fsp3) is 0.143. The van der Waals surface area contributed by atoms with Crippen LogP contribution in [-0.2, 0) is 7.05 Å². The largest absolute Gasteiger partial charge is 0.361 e. The van der Waals surface area contributed by atoms with Crippen molar-refractivity contribution in [1.29, 1.82) is 0 Å². The van der Waals surface area contributed by atoms with Crippen molar-refractivity contribution in [1.82, 2.24) is 14.8 Å². The lowest BCUT2D eigenvalue weighted by atomic mass is 10.1. The second-order valence-corrected chi connectivity index (χ2v) is 4.37. The first-order valence-electron chi connectivity index (χ1n) is 5.77. The van der Waals surface area contributed by atoms with E-state index in [1.807, 2.05) is 30.5 Å². The summed E-state index contributed by atoms with van der Waals surface area (Å²) in [7, 11) is 1.79. The molecule has 1 aromatic carbocycles. The van der Waals surface area contributed by atoms with Crippen LogP contribution >= 0.6 is 0 Å². The summed E-state index contributed by atoms with van der Waals surface area (Å²) >= 11 is 0. The number of nitrogens with one attached hydrogen (secondary N) is 1. The molecule has 0 aliphatic heterocycles. The first kappa shape index (κ1) is 10.8. The molecule has 0 aliphatic carbocycles. The van der Waals surface area contributed by atoms with E-state index >= 15 is 0 Å². The molecule has 4 nitrogen and oxygen atoms in total. The van der Waals surface area contributed by atoms with Gasteiger partial charge in [0.05, 0.1) is 5.69 Å². The van der Waals surface area contributed by atoms with Crippen molar-refractivity contribution in [2.24, 2.45) is 7.05 Å². The number of carbonyl (C=O) groups excluding carboxylic acids is 1. The smallest absolute Gasteiger partial charge is 0.177 e. The van der Waals surface area contributed by atoms with E-state index in [9.17, 15) is 4.79 Å². The van der Waals surface area contributed by atoms with E-state index < -0.39 is 0 Å². The van der Waals surface area contributed by atoms with Gasteiger partial charge in [0.2, 0.25) is 0 Å². The molecule has 2 aromatic heterocycles. The number of fused-ring (bicyclic) bond motifs is 1. The van der Waals surface area contributed by atoms with Crippen LogP contribution < -0.4 is 0 Å². The molecule has 4 heteroatoms. The summed E-state index contributed by atoms with van der Waals surface area (Å²) in [6.45, 7) is 1.55. The zero-order valence-electron chi connectivity index (χ0n) is 10.3. The monoisotopic (exact) mass is 239 g/mol. The van der Waals surface area contributed by atoms with E-state index in [0.717, 1.165) is 22.2 Å². The van der Waals surface area contributed by atoms with Gasteiger partial charge in [0.15, 0.2) is 5.78 Å². The highest BCUT2D eigenvalue weighted by molar-refractivity contribution is 5.94. The van der Waals surface area contributed by atoms with Crippen LogP contribution in [0.3, 0.4) is 0 Å². The molecule has 1 N–H and O–H groups in total. The lowest BCUT2D eigenvalue weighted by Crippen LogP contribution is -2.02. The Kier molecular flexibility index (Phi) is 2.30. The Morgan fingerprint density at radius 1 is 1.28 bits per heavy atom. The number of aromatic nitrogens is 3. The predicted molar refractivity (Wildman–Crippen MR) is 70.5 cm³/mol. The molecule has 3 rings (SSSR count). The Morgan fingerprint density at radius 2 is 2.11 bits per heavy atom. The molecule has 0 fully saturated rings. The first-order chi connectivity index (χ1) is 8.65. The number of H-pyrrole nitrogens is 1. The Hall–Kier alpha value is -2.36. The van der Waals surface area contributed by atoms with Crippen molar-refractivity contribution in [2.45, 2.75) is 6.92 Å². The molecule has 0 saturated heterocycles. The van der Waals surface area contributed by atoms with Crippen LogP contribution in [0.5, 0.6) is 0 Å². The highest BCUT2D eigenvalue weighted by atomic mass is 16.1. The van der Waals surface area contributed by atoms with Crippen LogP contribution in [0, 0.1) is 0 Å². The van der Waals surface area contributed by atoms with Gasteiger partial charge in [0.25, 0.3) is 0 Å². The summed E-state index contributed by atoms with van der Waals surface area (Å²) in [4.78, 5) is 14.6. The third kappa shape index (κ3) is 1.62. The number of hydrogen-bond acceptors (Lipinski definition) is 2. The summed E-state index contributed by atoms with van der Waals surface area (Å²) in [5.74, 6) is 0.0268. The molecule has 0 atom stereocenters. The van der Waals surface area contributed by atoms with E-state index in [-0.39, 0.29) is 5.78 Å². The minimum atomic E-state index is 0.0268. The van der Waals surface area contributed by atoms with Crippen molar-refractivity contribution in [3.05, 3.63) is 42.2 Å². The minimum Gasteiger partial charge on any atom is -0.361 e. The van der Waals surface area contributed by atoms with Gasteiger partial charge < -0.3 is 4.98 Å². The molecule has 90 valence electrons. The summed E-state index contributed by atoms with van der Waals surface area (Å²) in [5.41, 5.74) is 3.57. The van der Waals surface area contributed by atoms with Gasteiger partial charge in [0.1, 0.15) is 5.69 Å². The van der Waals surface area contributed by atoms with Crippen molar-refractivity contribution >= 4 is 16.7 Å². The maximum absolute atomic E-state index is 11.4. The SMILES string of the molecule is CC(=O)c1cc(-c2ccc3[nH]ccc3c2)nn1C. The molecule has 18 heavy (non-hydrogen) atoms. The van der Waals surface area contributed by atoms with Crippen LogP contribution in [0.2, 0.25) is 0 Å². The van der Waals surface area contributed by atoms with Crippen molar-refractivity contribution in [3.8, 4) is 11.3 Å². The van der Waals surface area contributed by atoms with Gasteiger partial charge in [-0.15, -0.1) is 0 Å². The van der Waals surface area contributed by atoms with E-state index in [0.29, 0.717) is 5.69 Å². The number of benzene rings is 1. The lowest BCUT2D eigenvalue weighted by Gasteiger charge is -1.96. The maximum atomic E-state index is 11.4. The maximum Gasteiger partial charge on any atom is 0.177 e. The number of Topliss-reactive ketones (excluding diaryl/α,β-unsaturated/α-hetero) is 1. The lowest BCUT2D eigenvalue weighted by molar-refractivity contribution is 0.100. The number of aromatic amines is 1. The zero-order valence-corrected chi connectivity index (χ0v) is 10.3. The van der Waals surface area contributed by atoms with Gasteiger partial charge in [0, 0.05) is 36.6 Å². The Labute approximate surface area is 104 Å². The van der Waals surface area contributed by atoms with Gasteiger partial charge in [-0.05, 0) is 24.3 Å². The highest BCUT2D eigenvalue weighted by Crippen LogP contribution is 2.23. The fourth-order valence-corrected chi connectivity index (χ4v) is 2.15. The standard InChI is InChI=1S/C14H13N3O/c1-9(18)14-8-13(16-17(14)2)10-3-4-12-11(7-10)5-6-15-12/h3-8,15H,1-2H3. The van der Waals surface area contributed by atoms with Crippen LogP contribution in [0.4, 0.5) is 0 Å². The summed E-state index contributed by atoms with van der Waals surface area (Å²) in [5, 5.41) is 5.52. The number of ketones is 1. The number of carbonyl (C=O) groups is 1. The van der Waals surface area contributed by atoms with E-state index in [1.165, 1.54) is 0 Å². The molecule has 2 heterocycles. The average Bonchev–Trinajstić information content (AvgIpc) is 2.93. The molecule has 0 unspecified atom stereocenters. The Morgan fingerprint density at radius 3 is 2.83 bits per heavy atom. The molecular formula is C14H13N3O. The number of aryl methyl sites for hydroxylation is 1. The predicted octanol–water partition coefficient (Wildman–Crippen LogP) is 2.77. The van der Waals surface area contributed by atoms with Crippen LogP contribution in [0.1, 0.15) is 17.4 Å². The quantitative estimate of drug-likeness (QED) is 0.699. The third-order valence-corrected chi connectivity index (χ3v) is 3.09. The molecule has 3 aromatic rings. The minimum absolute atomic E-state index is 0.0268. The topological polar surface area (TPSA) is 50.7 Å². The van der Waals surface area contributed by atoms with Crippen molar-refractivity contribution in [3.63, 3.8) is 0 Å². The average molecular weight is 239 g/mol. The molecule has 0 saturated carbocycles. The normalized spacial score (nSPS) is 11.0. The fourth-order valence-electron chi connectivity index (χ4n) is 2.15. The van der Waals surface area contributed by atoms with E-state index in [1.54, 1.807) is 18.7 Å². The van der Waals surface area contributed by atoms with Crippen LogP contribution in [0.25, 0.3) is 22.2 Å². The number of nitrogens with zero attached hydrogens (tertiary/aromatic N) is 2. The third-order valence-electron chi connectivity index (χ3n) is 3.09. The van der Waals surface area contributed by atoms with Crippen molar-refractivity contribution in [2.75, 3.05) is 0 Å². The van der Waals surface area contributed by atoms with Gasteiger partial charge in [-0.25, -0.2) is 0 Å². The second-order valence-electron chi connectivity index (χ2n) is 4.37. The van der Waals surface area contributed by atoms with Gasteiger partial charge in [-0.2, -0.15) is 5.10 Å². The molecule has 0 amide bonds. The van der Waals surface area contributed by atoms with Gasteiger partial charge in [-0.1, -0.05) is 6.07 Å². The van der Waals surface area contributed by atoms with E-state index in [4.69, 9.17) is 0 Å². The molecule has 0 bridgehead atoms. The molecule has 0 radical (unpaired) electrons. The van der Waals surface area contributed by atoms with Crippen LogP contribution in [0.15, 0.2) is 36.5 Å². The Balaban J connectivity index is 2.13. The summed E-state index contributed by atoms with van der Waals surface area (Å²) in [6, 6.07) is 9.94. The molecular weight excluding hydrogens is 226 g/mol. The van der Waals surface area contributed by atoms with Crippen LogP contribution in [-0.4, -0.2) is 20.5 Å². The second kappa shape index (κ2) is 3.84. The van der Waals surface area contributed by atoms with Gasteiger partial charge >= 0.3 is 0 Å². The molecule has 0 spiro atoms. The van der Waals surface area contributed by atoms with Gasteiger partial charge in [-0.3, -0.25) is 9.48 Å². The summed E-state index contributed by atoms with van der Waals surface area (Å²) < 4.78 is 1.62. The summed E-state index contributed by atoms with van der Waals surface area (Å²) in [6.07, 6.45) is 1.91. The van der Waals surface area contributed by atoms with Crippen molar-refractivity contribution < 1.29 is 4.79 Å². The first-order valence-corrected chi connectivity index (χ1v) is 5.77. The Bertz CT molecular complexity index is 736. The zero-order chi connectivity index (χ0) is 12.7. The number of rotatable bonds is 2. The molecule has 0 aliphatic rings. The van der Waals surface area contributed by atoms with E-state index in [2.05, 4.69) is 16.1 Å². The highest BCUT2D eigenvalue weighted by Gasteiger charge is 2.10.